The van der Waals surface area contributed by atoms with Crippen LogP contribution in [0.25, 0.3) is 0 Å². The standard InChI is InChI=1S/C14H25N3O2S/c1-12(2)8-14(9-13(3,4)16-12)10(18)17(6-7-20-5)11(19)15-14/h16H,6-9H2,1-5H3,(H,15,19). The van der Waals surface area contributed by atoms with Crippen LogP contribution in [0.15, 0.2) is 0 Å². The average molecular weight is 299 g/mol. The van der Waals surface area contributed by atoms with Gasteiger partial charge in [-0.3, -0.25) is 9.69 Å². The lowest BCUT2D eigenvalue weighted by Crippen LogP contribution is -2.68. The van der Waals surface area contributed by atoms with Crippen molar-refractivity contribution in [1.29, 1.82) is 0 Å². The Morgan fingerprint density at radius 1 is 1.15 bits per heavy atom. The summed E-state index contributed by atoms with van der Waals surface area (Å²) in [6, 6.07) is -0.238. The quantitative estimate of drug-likeness (QED) is 0.777. The maximum atomic E-state index is 12.8. The molecule has 2 aliphatic heterocycles. The van der Waals surface area contributed by atoms with E-state index in [1.807, 2.05) is 6.26 Å². The average Bonchev–Trinajstić information content (AvgIpc) is 2.43. The Balaban J connectivity index is 2.27. The van der Waals surface area contributed by atoms with Crippen LogP contribution in [0, 0.1) is 0 Å². The van der Waals surface area contributed by atoms with Crippen LogP contribution < -0.4 is 10.6 Å². The molecule has 2 heterocycles. The summed E-state index contributed by atoms with van der Waals surface area (Å²) < 4.78 is 0. The highest BCUT2D eigenvalue weighted by Gasteiger charge is 2.58. The molecule has 2 N–H and O–H groups in total. The predicted molar refractivity (Wildman–Crippen MR) is 81.9 cm³/mol. The maximum Gasteiger partial charge on any atom is 0.325 e. The van der Waals surface area contributed by atoms with E-state index in [0.29, 0.717) is 19.4 Å². The fourth-order valence-corrected chi connectivity index (χ4v) is 4.24. The van der Waals surface area contributed by atoms with Crippen molar-refractivity contribution < 1.29 is 9.59 Å². The number of hydrogen-bond donors (Lipinski definition) is 2. The van der Waals surface area contributed by atoms with Crippen molar-refractivity contribution in [3.63, 3.8) is 0 Å². The molecule has 114 valence electrons. The number of carbonyl (C=O) groups is 2. The van der Waals surface area contributed by atoms with Crippen molar-refractivity contribution in [2.75, 3.05) is 18.6 Å². The largest absolute Gasteiger partial charge is 0.325 e. The van der Waals surface area contributed by atoms with Gasteiger partial charge >= 0.3 is 6.03 Å². The Kier molecular flexibility index (Phi) is 3.84. The van der Waals surface area contributed by atoms with Gasteiger partial charge in [-0.25, -0.2) is 4.79 Å². The summed E-state index contributed by atoms with van der Waals surface area (Å²) in [4.78, 5) is 26.3. The van der Waals surface area contributed by atoms with Crippen molar-refractivity contribution in [2.24, 2.45) is 0 Å². The number of nitrogens with one attached hydrogen (secondary N) is 2. The Morgan fingerprint density at radius 2 is 1.70 bits per heavy atom. The first-order valence-electron chi connectivity index (χ1n) is 7.03. The van der Waals surface area contributed by atoms with Gasteiger partial charge in [0.2, 0.25) is 0 Å². The van der Waals surface area contributed by atoms with Crippen molar-refractivity contribution in [1.82, 2.24) is 15.5 Å². The van der Waals surface area contributed by atoms with E-state index in [1.165, 1.54) is 4.90 Å². The number of urea groups is 1. The first kappa shape index (κ1) is 15.6. The molecule has 0 atom stereocenters. The number of piperidine rings is 1. The van der Waals surface area contributed by atoms with Crippen LogP contribution in [-0.4, -0.2) is 52.0 Å². The molecule has 2 saturated heterocycles. The van der Waals surface area contributed by atoms with Crippen LogP contribution >= 0.6 is 11.8 Å². The zero-order valence-corrected chi connectivity index (χ0v) is 13.8. The van der Waals surface area contributed by atoms with E-state index >= 15 is 0 Å². The number of imide groups is 1. The third-order valence-corrected chi connectivity index (χ3v) is 4.52. The third-order valence-electron chi connectivity index (χ3n) is 3.93. The van der Waals surface area contributed by atoms with E-state index in [0.717, 1.165) is 5.75 Å². The minimum atomic E-state index is -0.742. The molecule has 2 fully saturated rings. The number of rotatable bonds is 3. The number of hydrogen-bond acceptors (Lipinski definition) is 4. The fraction of sp³-hybridized carbons (Fsp3) is 0.857. The van der Waals surface area contributed by atoms with Gasteiger partial charge in [-0.2, -0.15) is 11.8 Å². The summed E-state index contributed by atoms with van der Waals surface area (Å²) in [5, 5.41) is 6.53. The van der Waals surface area contributed by atoms with Crippen molar-refractivity contribution in [3.05, 3.63) is 0 Å². The molecule has 6 heteroatoms. The number of nitrogens with zero attached hydrogens (tertiary/aromatic N) is 1. The second kappa shape index (κ2) is 4.91. The van der Waals surface area contributed by atoms with Crippen LogP contribution in [0.4, 0.5) is 4.79 Å². The van der Waals surface area contributed by atoms with Gasteiger partial charge in [-0.15, -0.1) is 0 Å². The first-order chi connectivity index (χ1) is 9.11. The van der Waals surface area contributed by atoms with Gasteiger partial charge in [0.1, 0.15) is 5.54 Å². The number of carbonyl (C=O) groups excluding carboxylic acids is 2. The lowest BCUT2D eigenvalue weighted by molar-refractivity contribution is -0.134. The zero-order valence-electron chi connectivity index (χ0n) is 13.0. The fourth-order valence-electron chi connectivity index (χ4n) is 3.88. The summed E-state index contributed by atoms with van der Waals surface area (Å²) >= 11 is 1.64. The summed E-state index contributed by atoms with van der Waals surface area (Å²) in [7, 11) is 0. The zero-order chi connectivity index (χ0) is 15.2. The van der Waals surface area contributed by atoms with Crippen LogP contribution in [0.2, 0.25) is 0 Å². The number of thioether (sulfide) groups is 1. The van der Waals surface area contributed by atoms with Gasteiger partial charge in [0.25, 0.3) is 5.91 Å². The SMILES string of the molecule is CSCCN1C(=O)NC2(CC(C)(C)NC(C)(C)C2)C1=O. The molecule has 0 unspecified atom stereocenters. The van der Waals surface area contributed by atoms with Crippen LogP contribution in [-0.2, 0) is 4.79 Å². The van der Waals surface area contributed by atoms with Gasteiger partial charge in [0.15, 0.2) is 0 Å². The molecule has 2 aliphatic rings. The third kappa shape index (κ3) is 2.81. The molecule has 1 spiro atoms. The maximum absolute atomic E-state index is 12.8. The Morgan fingerprint density at radius 3 is 2.20 bits per heavy atom. The molecule has 0 bridgehead atoms. The van der Waals surface area contributed by atoms with E-state index in [2.05, 4.69) is 38.3 Å². The Hall–Kier alpha value is -0.750. The van der Waals surface area contributed by atoms with Gasteiger partial charge in [-0.05, 0) is 46.8 Å². The topological polar surface area (TPSA) is 61.4 Å². The molecule has 5 nitrogen and oxygen atoms in total. The lowest BCUT2D eigenvalue weighted by atomic mass is 9.71. The second-order valence-electron chi connectivity index (χ2n) is 7.21. The minimum Gasteiger partial charge on any atom is -0.323 e. The van der Waals surface area contributed by atoms with Crippen LogP contribution in [0.3, 0.4) is 0 Å². The molecule has 2 rings (SSSR count). The summed E-state index contributed by atoms with van der Waals surface area (Å²) in [5.74, 6) is 0.722. The van der Waals surface area contributed by atoms with E-state index in [4.69, 9.17) is 0 Å². The van der Waals surface area contributed by atoms with Crippen LogP contribution in [0.1, 0.15) is 40.5 Å². The first-order valence-corrected chi connectivity index (χ1v) is 8.43. The van der Waals surface area contributed by atoms with Crippen molar-refractivity contribution in [2.45, 2.75) is 57.2 Å². The van der Waals surface area contributed by atoms with Gasteiger partial charge in [0.05, 0.1) is 0 Å². The van der Waals surface area contributed by atoms with E-state index < -0.39 is 5.54 Å². The Bertz CT molecular complexity index is 418. The molecular formula is C14H25N3O2S. The molecule has 0 aromatic rings. The van der Waals surface area contributed by atoms with Crippen molar-refractivity contribution in [3.8, 4) is 0 Å². The molecular weight excluding hydrogens is 274 g/mol. The lowest BCUT2D eigenvalue weighted by Gasteiger charge is -2.50. The molecule has 3 amide bonds. The number of amides is 3. The molecule has 0 radical (unpaired) electrons. The molecule has 20 heavy (non-hydrogen) atoms. The monoisotopic (exact) mass is 299 g/mol. The van der Waals surface area contributed by atoms with Gasteiger partial charge in [-0.1, -0.05) is 0 Å². The molecule has 0 saturated carbocycles. The van der Waals surface area contributed by atoms with E-state index in [1.54, 1.807) is 11.8 Å². The molecule has 0 aromatic carbocycles. The molecule has 0 aliphatic carbocycles. The van der Waals surface area contributed by atoms with Gasteiger partial charge in [0, 0.05) is 23.4 Å². The van der Waals surface area contributed by atoms with E-state index in [-0.39, 0.29) is 23.0 Å². The summed E-state index contributed by atoms with van der Waals surface area (Å²) in [5.41, 5.74) is -1.10. The summed E-state index contributed by atoms with van der Waals surface area (Å²) in [6.07, 6.45) is 3.23. The minimum absolute atomic E-state index is 0.0563. The van der Waals surface area contributed by atoms with Crippen molar-refractivity contribution >= 4 is 23.7 Å². The molecule has 0 aromatic heterocycles. The van der Waals surface area contributed by atoms with Crippen LogP contribution in [0.5, 0.6) is 0 Å². The Labute approximate surface area is 125 Å². The predicted octanol–water partition coefficient (Wildman–Crippen LogP) is 1.58. The van der Waals surface area contributed by atoms with E-state index in [9.17, 15) is 9.59 Å². The smallest absolute Gasteiger partial charge is 0.323 e. The second-order valence-corrected chi connectivity index (χ2v) is 8.19. The van der Waals surface area contributed by atoms with Gasteiger partial charge < -0.3 is 10.6 Å². The highest BCUT2D eigenvalue weighted by atomic mass is 32.2. The highest BCUT2D eigenvalue weighted by molar-refractivity contribution is 7.98. The summed E-state index contributed by atoms with van der Waals surface area (Å²) in [6.45, 7) is 8.82. The highest BCUT2D eigenvalue weighted by Crippen LogP contribution is 2.39. The normalized spacial score (nSPS) is 26.9.